The first kappa shape index (κ1) is 26.6. The van der Waals surface area contributed by atoms with Crippen molar-refractivity contribution in [3.05, 3.63) is 76.4 Å². The lowest BCUT2D eigenvalue weighted by Crippen LogP contribution is -2.25. The summed E-state index contributed by atoms with van der Waals surface area (Å²) in [5, 5.41) is 0. The summed E-state index contributed by atoms with van der Waals surface area (Å²) in [4.78, 5) is 0. The van der Waals surface area contributed by atoms with Gasteiger partial charge in [-0.15, -0.1) is 0 Å². The minimum atomic E-state index is -0.0928. The smallest absolute Gasteiger partial charge is 0.130 e. The summed E-state index contributed by atoms with van der Waals surface area (Å²) in [6, 6.07) is 11.8. The van der Waals surface area contributed by atoms with Crippen molar-refractivity contribution >= 4 is 5.57 Å². The van der Waals surface area contributed by atoms with Gasteiger partial charge < -0.3 is 0 Å². The lowest BCUT2D eigenvalue weighted by molar-refractivity contribution is 0.156. The van der Waals surface area contributed by atoms with Gasteiger partial charge in [-0.05, 0) is 128 Å². The summed E-state index contributed by atoms with van der Waals surface area (Å²) in [6.07, 6.45) is 19.2. The van der Waals surface area contributed by atoms with E-state index in [-0.39, 0.29) is 11.6 Å². The van der Waals surface area contributed by atoms with Crippen LogP contribution in [-0.2, 0) is 6.42 Å². The predicted molar refractivity (Wildman–Crippen MR) is 152 cm³/mol. The Bertz CT molecular complexity index is 1070. The van der Waals surface area contributed by atoms with Crippen LogP contribution in [0.5, 0.6) is 0 Å². The van der Waals surface area contributed by atoms with Crippen molar-refractivity contribution in [3.8, 4) is 0 Å². The molecule has 0 aromatic heterocycles. The molecule has 3 aliphatic rings. The fourth-order valence-corrected chi connectivity index (χ4v) is 7.81. The van der Waals surface area contributed by atoms with Crippen LogP contribution < -0.4 is 0 Å². The van der Waals surface area contributed by atoms with Crippen molar-refractivity contribution < 1.29 is 8.78 Å². The number of allylic oxidation sites excluding steroid dienone is 2. The molecule has 200 valence electrons. The van der Waals surface area contributed by atoms with Crippen molar-refractivity contribution in [2.24, 2.45) is 17.8 Å². The Balaban J connectivity index is 1.16. The summed E-state index contributed by atoms with van der Waals surface area (Å²) >= 11 is 0. The van der Waals surface area contributed by atoms with Crippen LogP contribution in [0.15, 0.2) is 42.5 Å². The van der Waals surface area contributed by atoms with E-state index in [2.05, 4.69) is 25.1 Å². The third kappa shape index (κ3) is 6.21. The molecule has 0 saturated heterocycles. The molecule has 2 saturated carbocycles. The van der Waals surface area contributed by atoms with E-state index in [0.717, 1.165) is 65.7 Å². The van der Waals surface area contributed by atoms with Crippen molar-refractivity contribution in [1.29, 1.82) is 0 Å². The fraction of sp³-hybridized carbons (Fsp3) is 0.600. The zero-order valence-corrected chi connectivity index (χ0v) is 23.1. The molecule has 0 aliphatic heterocycles. The van der Waals surface area contributed by atoms with Gasteiger partial charge in [-0.2, -0.15) is 0 Å². The largest absolute Gasteiger partial charge is 0.207 e. The van der Waals surface area contributed by atoms with Gasteiger partial charge in [0.15, 0.2) is 0 Å². The zero-order valence-electron chi connectivity index (χ0n) is 23.1. The number of benzene rings is 2. The van der Waals surface area contributed by atoms with Crippen LogP contribution in [0.1, 0.15) is 131 Å². The SMILES string of the molecule is CCCC1CCC(C2CCC(c3ccc(C4=CCC(c5ccc(CC)c(F)c5)CC4)c(F)c3)CC2)CC1. The summed E-state index contributed by atoms with van der Waals surface area (Å²) in [5.74, 6) is 3.51. The highest BCUT2D eigenvalue weighted by molar-refractivity contribution is 5.67. The van der Waals surface area contributed by atoms with Gasteiger partial charge in [0.05, 0.1) is 0 Å². The molecule has 0 N–H and O–H groups in total. The molecule has 0 spiro atoms. The quantitative estimate of drug-likeness (QED) is 0.352. The van der Waals surface area contributed by atoms with Gasteiger partial charge in [-0.1, -0.05) is 69.9 Å². The maximum absolute atomic E-state index is 15.3. The van der Waals surface area contributed by atoms with Crippen LogP contribution in [0.25, 0.3) is 5.57 Å². The standard InChI is InChI=1S/C35H46F2/c1-3-5-24-6-8-26(9-7-24)27-11-13-28(14-12-27)32-20-21-33(35(37)23-32)30-17-15-29(16-18-30)31-19-10-25(4-2)34(36)22-31/h10,17,19-24,26-29H,3-9,11-16,18H2,1-2H3. The molecule has 1 atom stereocenters. The first-order chi connectivity index (χ1) is 18.1. The van der Waals surface area contributed by atoms with Gasteiger partial charge in [-0.3, -0.25) is 0 Å². The van der Waals surface area contributed by atoms with E-state index >= 15 is 4.39 Å². The van der Waals surface area contributed by atoms with E-state index < -0.39 is 0 Å². The molecule has 2 aromatic carbocycles. The van der Waals surface area contributed by atoms with E-state index in [1.54, 1.807) is 6.07 Å². The molecule has 0 nitrogen and oxygen atoms in total. The topological polar surface area (TPSA) is 0 Å². The summed E-state index contributed by atoms with van der Waals surface area (Å²) in [6.45, 7) is 4.30. The number of halogens is 2. The number of rotatable bonds is 7. The van der Waals surface area contributed by atoms with Crippen LogP contribution >= 0.6 is 0 Å². The van der Waals surface area contributed by atoms with Crippen molar-refractivity contribution in [2.45, 2.75) is 116 Å². The Morgan fingerprint density at radius 3 is 1.95 bits per heavy atom. The zero-order chi connectivity index (χ0) is 25.8. The van der Waals surface area contributed by atoms with Crippen molar-refractivity contribution in [3.63, 3.8) is 0 Å². The molecule has 0 heterocycles. The molecular formula is C35H46F2. The molecule has 2 heteroatoms. The van der Waals surface area contributed by atoms with Crippen LogP contribution in [-0.4, -0.2) is 0 Å². The highest BCUT2D eigenvalue weighted by Gasteiger charge is 2.31. The first-order valence-corrected chi connectivity index (χ1v) is 15.3. The lowest BCUT2D eigenvalue weighted by Gasteiger charge is -2.38. The van der Waals surface area contributed by atoms with Crippen molar-refractivity contribution in [2.75, 3.05) is 0 Å². The van der Waals surface area contributed by atoms with Gasteiger partial charge in [0.25, 0.3) is 0 Å². The number of hydrogen-bond acceptors (Lipinski definition) is 0. The Kier molecular flexibility index (Phi) is 8.83. The number of aryl methyl sites for hydroxylation is 1. The van der Waals surface area contributed by atoms with Gasteiger partial charge in [0.1, 0.15) is 11.6 Å². The molecule has 2 fully saturated rings. The van der Waals surface area contributed by atoms with Gasteiger partial charge in [-0.25, -0.2) is 8.78 Å². The maximum Gasteiger partial charge on any atom is 0.130 e. The van der Waals surface area contributed by atoms with Crippen LogP contribution in [0.4, 0.5) is 8.78 Å². The second-order valence-electron chi connectivity index (χ2n) is 12.3. The highest BCUT2D eigenvalue weighted by Crippen LogP contribution is 2.45. The van der Waals surface area contributed by atoms with Crippen LogP contribution in [0, 0.1) is 29.4 Å². The second-order valence-corrected chi connectivity index (χ2v) is 12.3. The minimum absolute atomic E-state index is 0.0584. The Hall–Kier alpha value is -1.96. The molecule has 2 aromatic rings. The van der Waals surface area contributed by atoms with Crippen LogP contribution in [0.3, 0.4) is 0 Å². The Morgan fingerprint density at radius 1 is 0.703 bits per heavy atom. The molecule has 37 heavy (non-hydrogen) atoms. The second kappa shape index (κ2) is 12.3. The van der Waals surface area contributed by atoms with E-state index in [1.807, 2.05) is 25.1 Å². The molecule has 1 unspecified atom stereocenters. The van der Waals surface area contributed by atoms with Gasteiger partial charge in [0, 0.05) is 5.56 Å². The van der Waals surface area contributed by atoms with Crippen LogP contribution in [0.2, 0.25) is 0 Å². The third-order valence-electron chi connectivity index (χ3n) is 10.2. The molecule has 0 bridgehead atoms. The minimum Gasteiger partial charge on any atom is -0.207 e. The average Bonchev–Trinajstić information content (AvgIpc) is 2.94. The summed E-state index contributed by atoms with van der Waals surface area (Å²) in [7, 11) is 0. The first-order valence-electron chi connectivity index (χ1n) is 15.3. The van der Waals surface area contributed by atoms with E-state index in [1.165, 1.54) is 69.8 Å². The molecule has 0 amide bonds. The maximum atomic E-state index is 15.3. The monoisotopic (exact) mass is 504 g/mol. The van der Waals surface area contributed by atoms with E-state index in [0.29, 0.717) is 11.8 Å². The van der Waals surface area contributed by atoms with Gasteiger partial charge in [0.2, 0.25) is 0 Å². The molecule has 5 rings (SSSR count). The molecule has 3 aliphatic carbocycles. The fourth-order valence-electron chi connectivity index (χ4n) is 7.81. The number of hydrogen-bond donors (Lipinski definition) is 0. The Morgan fingerprint density at radius 2 is 1.35 bits per heavy atom. The molecular weight excluding hydrogens is 458 g/mol. The normalized spacial score (nSPS) is 28.6. The summed E-state index contributed by atoms with van der Waals surface area (Å²) in [5.41, 5.74) is 4.94. The molecule has 0 radical (unpaired) electrons. The highest BCUT2D eigenvalue weighted by atomic mass is 19.1. The lowest BCUT2D eigenvalue weighted by atomic mass is 9.68. The van der Waals surface area contributed by atoms with E-state index in [9.17, 15) is 4.39 Å². The van der Waals surface area contributed by atoms with Gasteiger partial charge >= 0.3 is 0 Å². The predicted octanol–water partition coefficient (Wildman–Crippen LogP) is 10.8. The van der Waals surface area contributed by atoms with Crippen molar-refractivity contribution in [1.82, 2.24) is 0 Å². The average molecular weight is 505 g/mol. The van der Waals surface area contributed by atoms with E-state index in [4.69, 9.17) is 0 Å². The summed E-state index contributed by atoms with van der Waals surface area (Å²) < 4.78 is 29.6. The third-order valence-corrected chi connectivity index (χ3v) is 10.2. The Labute approximate surface area is 224 Å².